The van der Waals surface area contributed by atoms with Gasteiger partial charge in [0.25, 0.3) is 5.91 Å². The van der Waals surface area contributed by atoms with Crippen molar-refractivity contribution in [2.75, 3.05) is 5.32 Å². The predicted molar refractivity (Wildman–Crippen MR) is 76.3 cm³/mol. The Morgan fingerprint density at radius 2 is 2.04 bits per heavy atom. The maximum Gasteiger partial charge on any atom is 0.416 e. The predicted octanol–water partition coefficient (Wildman–Crippen LogP) is 3.37. The van der Waals surface area contributed by atoms with E-state index in [0.717, 1.165) is 12.3 Å². The molecule has 2 heterocycles. The highest BCUT2D eigenvalue weighted by Crippen LogP contribution is 2.40. The highest BCUT2D eigenvalue weighted by Gasteiger charge is 2.37. The van der Waals surface area contributed by atoms with Gasteiger partial charge in [-0.1, -0.05) is 30.3 Å². The van der Waals surface area contributed by atoms with Crippen LogP contribution >= 0.6 is 0 Å². The smallest absolute Gasteiger partial charge is 0.359 e. The molecule has 8 heteroatoms. The van der Waals surface area contributed by atoms with Crippen LogP contribution in [-0.4, -0.2) is 17.3 Å². The molecular formula is C15H12F3N3O2. The molecule has 1 N–H and O–H groups in total. The van der Waals surface area contributed by atoms with E-state index in [1.807, 2.05) is 0 Å². The van der Waals surface area contributed by atoms with Gasteiger partial charge in [-0.15, -0.1) is 0 Å². The lowest BCUT2D eigenvalue weighted by Gasteiger charge is -2.16. The number of aliphatic imine (C=N–C) groups is 1. The molecule has 1 unspecified atom stereocenters. The first kappa shape index (κ1) is 15.3. The van der Waals surface area contributed by atoms with Crippen molar-refractivity contribution in [2.45, 2.75) is 25.6 Å². The molecule has 0 spiro atoms. The van der Waals surface area contributed by atoms with E-state index in [-0.39, 0.29) is 16.9 Å². The number of carbonyl (C=O) groups excluding carboxylic acids is 1. The van der Waals surface area contributed by atoms with Crippen LogP contribution in [0.1, 0.15) is 35.5 Å². The van der Waals surface area contributed by atoms with Gasteiger partial charge in [0, 0.05) is 6.42 Å². The van der Waals surface area contributed by atoms with Gasteiger partial charge < -0.3 is 9.84 Å². The van der Waals surface area contributed by atoms with Gasteiger partial charge in [0.1, 0.15) is 17.4 Å². The molecule has 1 amide bonds. The standard InChI is InChI=1S/C15H12F3N3O2/c1-2-10-13-14(21-23-10)12(19-7-11(22)20-13)8-5-3-4-6-9(8)15(16,17)18/h3-7,12H,2H2,1H3,(H,20,22). The third-order valence-electron chi connectivity index (χ3n) is 3.52. The Bertz CT molecular complexity index is 781. The topological polar surface area (TPSA) is 67.5 Å². The van der Waals surface area contributed by atoms with E-state index in [9.17, 15) is 18.0 Å². The number of nitrogens with one attached hydrogen (secondary N) is 1. The zero-order valence-electron chi connectivity index (χ0n) is 12.0. The summed E-state index contributed by atoms with van der Waals surface area (Å²) in [5.74, 6) is -0.135. The molecule has 1 aromatic heterocycles. The fraction of sp³-hybridized carbons (Fsp3) is 0.267. The number of hydrogen-bond acceptors (Lipinski definition) is 4. The van der Waals surface area contributed by atoms with E-state index in [1.54, 1.807) is 6.92 Å². The second-order valence-corrected chi connectivity index (χ2v) is 4.97. The summed E-state index contributed by atoms with van der Waals surface area (Å²) in [6.07, 6.45) is -3.12. The van der Waals surface area contributed by atoms with E-state index in [0.29, 0.717) is 12.2 Å². The van der Waals surface area contributed by atoms with Crippen LogP contribution in [0.4, 0.5) is 18.9 Å². The van der Waals surface area contributed by atoms with Crippen molar-refractivity contribution in [3.05, 3.63) is 46.8 Å². The third-order valence-corrected chi connectivity index (χ3v) is 3.52. The molecule has 0 saturated carbocycles. The molecule has 23 heavy (non-hydrogen) atoms. The molecule has 0 bridgehead atoms. The molecule has 1 aromatic carbocycles. The van der Waals surface area contributed by atoms with E-state index in [1.165, 1.54) is 18.2 Å². The monoisotopic (exact) mass is 323 g/mol. The molecule has 3 rings (SSSR count). The number of nitrogens with zero attached hydrogens (tertiary/aromatic N) is 2. The van der Waals surface area contributed by atoms with Crippen LogP contribution in [0.25, 0.3) is 0 Å². The quantitative estimate of drug-likeness (QED) is 0.921. The van der Waals surface area contributed by atoms with Crippen molar-refractivity contribution >= 4 is 17.8 Å². The summed E-state index contributed by atoms with van der Waals surface area (Å²) in [6.45, 7) is 1.79. The summed E-state index contributed by atoms with van der Waals surface area (Å²) < 4.78 is 44.9. The summed E-state index contributed by atoms with van der Waals surface area (Å²) >= 11 is 0. The SMILES string of the molecule is CCc1onc2c1NC(=O)C=NC2c1ccccc1C(F)(F)F. The minimum Gasteiger partial charge on any atom is -0.359 e. The molecule has 0 radical (unpaired) electrons. The van der Waals surface area contributed by atoms with E-state index in [2.05, 4.69) is 15.5 Å². The zero-order valence-corrected chi connectivity index (χ0v) is 12.0. The maximum atomic E-state index is 13.3. The molecule has 0 aliphatic carbocycles. The maximum absolute atomic E-state index is 13.3. The van der Waals surface area contributed by atoms with Gasteiger partial charge in [0.15, 0.2) is 5.76 Å². The van der Waals surface area contributed by atoms with Crippen LogP contribution in [0.5, 0.6) is 0 Å². The molecule has 1 aliphatic rings. The first-order chi connectivity index (χ1) is 10.9. The van der Waals surface area contributed by atoms with Gasteiger partial charge in [-0.25, -0.2) is 0 Å². The molecular weight excluding hydrogens is 311 g/mol. The van der Waals surface area contributed by atoms with Crippen molar-refractivity contribution in [1.82, 2.24) is 5.16 Å². The minimum absolute atomic E-state index is 0.0787. The zero-order chi connectivity index (χ0) is 16.6. The molecule has 1 atom stereocenters. The number of benzene rings is 1. The number of halogens is 3. The van der Waals surface area contributed by atoms with E-state index in [4.69, 9.17) is 4.52 Å². The first-order valence-electron chi connectivity index (χ1n) is 6.90. The summed E-state index contributed by atoms with van der Waals surface area (Å²) in [6, 6.07) is 4.03. The molecule has 5 nitrogen and oxygen atoms in total. The summed E-state index contributed by atoms with van der Waals surface area (Å²) in [7, 11) is 0. The number of alkyl halides is 3. The highest BCUT2D eigenvalue weighted by molar-refractivity contribution is 6.32. The van der Waals surface area contributed by atoms with Crippen molar-refractivity contribution < 1.29 is 22.5 Å². The average Bonchev–Trinajstić information content (AvgIpc) is 2.82. The van der Waals surface area contributed by atoms with E-state index < -0.39 is 23.7 Å². The number of aromatic nitrogens is 1. The van der Waals surface area contributed by atoms with Gasteiger partial charge in [0.05, 0.1) is 11.8 Å². The van der Waals surface area contributed by atoms with Gasteiger partial charge >= 0.3 is 6.18 Å². The van der Waals surface area contributed by atoms with Crippen molar-refractivity contribution in [3.8, 4) is 0 Å². The lowest BCUT2D eigenvalue weighted by molar-refractivity contribution is -0.138. The highest BCUT2D eigenvalue weighted by atomic mass is 19.4. The second-order valence-electron chi connectivity index (χ2n) is 4.97. The van der Waals surface area contributed by atoms with Crippen LogP contribution in [0.3, 0.4) is 0 Å². The fourth-order valence-corrected chi connectivity index (χ4v) is 2.49. The largest absolute Gasteiger partial charge is 0.416 e. The normalized spacial score (nSPS) is 17.6. The minimum atomic E-state index is -4.53. The summed E-state index contributed by atoms with van der Waals surface area (Å²) in [4.78, 5) is 15.7. The number of anilines is 1. The Morgan fingerprint density at radius 3 is 2.74 bits per heavy atom. The molecule has 0 saturated heterocycles. The van der Waals surface area contributed by atoms with Crippen molar-refractivity contribution in [1.29, 1.82) is 0 Å². The molecule has 0 fully saturated rings. The average molecular weight is 323 g/mol. The number of aryl methyl sites for hydroxylation is 1. The molecule has 2 aromatic rings. The van der Waals surface area contributed by atoms with Crippen LogP contribution in [0, 0.1) is 0 Å². The van der Waals surface area contributed by atoms with Gasteiger partial charge in [0.2, 0.25) is 0 Å². The Balaban J connectivity index is 2.20. The van der Waals surface area contributed by atoms with Crippen LogP contribution < -0.4 is 5.32 Å². The van der Waals surface area contributed by atoms with Crippen LogP contribution in [0.15, 0.2) is 33.8 Å². The number of carbonyl (C=O) groups is 1. The lowest BCUT2D eigenvalue weighted by atomic mass is 9.97. The van der Waals surface area contributed by atoms with Crippen molar-refractivity contribution in [3.63, 3.8) is 0 Å². The van der Waals surface area contributed by atoms with Gasteiger partial charge in [-0.2, -0.15) is 13.2 Å². The molecule has 120 valence electrons. The first-order valence-corrected chi connectivity index (χ1v) is 6.90. The van der Waals surface area contributed by atoms with Gasteiger partial charge in [-0.3, -0.25) is 9.79 Å². The van der Waals surface area contributed by atoms with Crippen molar-refractivity contribution in [2.24, 2.45) is 4.99 Å². The molecule has 1 aliphatic heterocycles. The number of hydrogen-bond donors (Lipinski definition) is 1. The number of rotatable bonds is 2. The fourth-order valence-electron chi connectivity index (χ4n) is 2.49. The summed E-state index contributed by atoms with van der Waals surface area (Å²) in [5.41, 5.74) is -0.439. The van der Waals surface area contributed by atoms with E-state index >= 15 is 0 Å². The number of amides is 1. The second kappa shape index (κ2) is 5.53. The van der Waals surface area contributed by atoms with Crippen LogP contribution in [0.2, 0.25) is 0 Å². The van der Waals surface area contributed by atoms with Crippen LogP contribution in [-0.2, 0) is 17.4 Å². The Hall–Kier alpha value is -2.64. The lowest BCUT2D eigenvalue weighted by Crippen LogP contribution is -2.12. The third kappa shape index (κ3) is 2.71. The Morgan fingerprint density at radius 1 is 1.30 bits per heavy atom. The van der Waals surface area contributed by atoms with Gasteiger partial charge in [-0.05, 0) is 11.6 Å². The Labute approximate surface area is 129 Å². The Kier molecular flexibility index (Phi) is 3.67. The summed E-state index contributed by atoms with van der Waals surface area (Å²) in [5, 5.41) is 6.39. The number of fused-ring (bicyclic) bond motifs is 1.